The van der Waals surface area contributed by atoms with Crippen LogP contribution >= 0.6 is 24.0 Å². The van der Waals surface area contributed by atoms with Gasteiger partial charge in [-0.25, -0.2) is 0 Å². The van der Waals surface area contributed by atoms with Gasteiger partial charge in [-0.05, 0) is 44.2 Å². The van der Waals surface area contributed by atoms with Gasteiger partial charge in [-0.3, -0.25) is 9.79 Å². The van der Waals surface area contributed by atoms with Crippen molar-refractivity contribution in [2.24, 2.45) is 4.99 Å². The Balaban J connectivity index is 0.00000480. The van der Waals surface area contributed by atoms with Gasteiger partial charge < -0.3 is 30.2 Å². The van der Waals surface area contributed by atoms with Crippen LogP contribution in [0.1, 0.15) is 24.2 Å². The van der Waals surface area contributed by atoms with Crippen molar-refractivity contribution in [3.8, 4) is 17.2 Å². The monoisotopic (exact) mass is 542 g/mol. The molecule has 2 aromatic rings. The second kappa shape index (κ2) is 14.3. The molecular formula is C22H31IN4O4. The van der Waals surface area contributed by atoms with Gasteiger partial charge in [0.15, 0.2) is 17.5 Å². The van der Waals surface area contributed by atoms with Gasteiger partial charge in [-0.1, -0.05) is 6.07 Å². The van der Waals surface area contributed by atoms with Crippen LogP contribution in [0.2, 0.25) is 0 Å². The minimum absolute atomic E-state index is 0. The number of aliphatic imine (C=N–C) groups is 1. The molecule has 2 rings (SSSR count). The van der Waals surface area contributed by atoms with Gasteiger partial charge in [0.25, 0.3) is 5.91 Å². The highest BCUT2D eigenvalue weighted by Crippen LogP contribution is 2.30. The standard InChI is InChI=1S/C22H30N4O4.HI/c1-5-23-22(26-17-10-11-19(30-6-2)20(15-17)29-4)25-13-12-24-21(27)16-8-7-9-18(14-16)28-3;/h7-11,14-15H,5-6,12-13H2,1-4H3,(H,24,27)(H2,23,25,26);1H. The summed E-state index contributed by atoms with van der Waals surface area (Å²) in [6, 6.07) is 12.6. The lowest BCUT2D eigenvalue weighted by Gasteiger charge is -2.14. The number of carbonyl (C=O) groups excluding carboxylic acids is 1. The molecule has 0 aromatic heterocycles. The van der Waals surface area contributed by atoms with Crippen LogP contribution in [0.5, 0.6) is 17.2 Å². The Morgan fingerprint density at radius 2 is 1.81 bits per heavy atom. The summed E-state index contributed by atoms with van der Waals surface area (Å²) in [5.41, 5.74) is 1.36. The number of ether oxygens (including phenoxy) is 3. The molecule has 0 radical (unpaired) electrons. The third kappa shape index (κ3) is 8.52. The van der Waals surface area contributed by atoms with Crippen LogP contribution in [-0.4, -0.2) is 52.3 Å². The zero-order chi connectivity index (χ0) is 21.8. The topological polar surface area (TPSA) is 93.2 Å². The molecule has 0 atom stereocenters. The quantitative estimate of drug-likeness (QED) is 0.184. The van der Waals surface area contributed by atoms with Crippen LogP contribution in [0.25, 0.3) is 0 Å². The number of rotatable bonds is 10. The van der Waals surface area contributed by atoms with E-state index in [1.165, 1.54) is 0 Å². The largest absolute Gasteiger partial charge is 0.497 e. The molecule has 0 aliphatic heterocycles. The summed E-state index contributed by atoms with van der Waals surface area (Å²) in [4.78, 5) is 16.8. The lowest BCUT2D eigenvalue weighted by Crippen LogP contribution is -2.32. The summed E-state index contributed by atoms with van der Waals surface area (Å²) in [5.74, 6) is 2.42. The molecule has 0 bridgehead atoms. The van der Waals surface area contributed by atoms with E-state index in [4.69, 9.17) is 14.2 Å². The minimum atomic E-state index is -0.168. The molecule has 1 amide bonds. The van der Waals surface area contributed by atoms with Crippen molar-refractivity contribution < 1.29 is 19.0 Å². The molecule has 0 heterocycles. The average Bonchev–Trinajstić information content (AvgIpc) is 2.77. The van der Waals surface area contributed by atoms with Gasteiger partial charge in [0.1, 0.15) is 5.75 Å². The van der Waals surface area contributed by atoms with Gasteiger partial charge in [-0.2, -0.15) is 0 Å². The lowest BCUT2D eigenvalue weighted by molar-refractivity contribution is 0.0954. The molecule has 170 valence electrons. The highest BCUT2D eigenvalue weighted by molar-refractivity contribution is 14.0. The summed E-state index contributed by atoms with van der Waals surface area (Å²) in [7, 11) is 3.17. The SMILES string of the molecule is CCNC(=NCCNC(=O)c1cccc(OC)c1)Nc1ccc(OCC)c(OC)c1.I. The molecule has 31 heavy (non-hydrogen) atoms. The molecule has 0 aliphatic rings. The maximum Gasteiger partial charge on any atom is 0.251 e. The van der Waals surface area contributed by atoms with Crippen molar-refractivity contribution >= 4 is 41.5 Å². The third-order valence-electron chi connectivity index (χ3n) is 4.07. The number of anilines is 1. The van der Waals surface area contributed by atoms with Crippen molar-refractivity contribution in [2.75, 3.05) is 45.8 Å². The highest BCUT2D eigenvalue weighted by atomic mass is 127. The molecule has 0 unspecified atom stereocenters. The molecule has 0 saturated heterocycles. The number of benzene rings is 2. The van der Waals surface area contributed by atoms with E-state index in [1.807, 2.05) is 32.0 Å². The number of carbonyl (C=O) groups is 1. The number of methoxy groups -OCH3 is 2. The number of hydrogen-bond donors (Lipinski definition) is 3. The smallest absolute Gasteiger partial charge is 0.251 e. The van der Waals surface area contributed by atoms with E-state index in [1.54, 1.807) is 38.5 Å². The van der Waals surface area contributed by atoms with Gasteiger partial charge in [0, 0.05) is 30.4 Å². The Hall–Kier alpha value is -2.69. The maximum atomic E-state index is 12.3. The average molecular weight is 542 g/mol. The molecule has 0 saturated carbocycles. The maximum absolute atomic E-state index is 12.3. The Kier molecular flexibility index (Phi) is 12.2. The van der Waals surface area contributed by atoms with E-state index in [2.05, 4.69) is 20.9 Å². The number of halogens is 1. The molecule has 0 fully saturated rings. The molecule has 2 aromatic carbocycles. The van der Waals surface area contributed by atoms with Crippen LogP contribution < -0.4 is 30.2 Å². The normalized spacial score (nSPS) is 10.5. The third-order valence-corrected chi connectivity index (χ3v) is 4.07. The summed E-state index contributed by atoms with van der Waals surface area (Å²) >= 11 is 0. The van der Waals surface area contributed by atoms with Crippen molar-refractivity contribution in [1.29, 1.82) is 0 Å². The number of nitrogens with one attached hydrogen (secondary N) is 3. The first-order valence-corrected chi connectivity index (χ1v) is 9.89. The zero-order valence-electron chi connectivity index (χ0n) is 18.4. The van der Waals surface area contributed by atoms with Gasteiger partial charge in [0.2, 0.25) is 0 Å². The van der Waals surface area contributed by atoms with Gasteiger partial charge in [-0.15, -0.1) is 24.0 Å². The first-order valence-electron chi connectivity index (χ1n) is 9.89. The van der Waals surface area contributed by atoms with Crippen molar-refractivity contribution in [3.63, 3.8) is 0 Å². The fourth-order valence-electron chi connectivity index (χ4n) is 2.67. The highest BCUT2D eigenvalue weighted by Gasteiger charge is 2.08. The Labute approximate surface area is 200 Å². The number of hydrogen-bond acceptors (Lipinski definition) is 5. The van der Waals surface area contributed by atoms with E-state index in [0.717, 1.165) is 5.69 Å². The number of amides is 1. The second-order valence-electron chi connectivity index (χ2n) is 6.17. The molecular weight excluding hydrogens is 511 g/mol. The second-order valence-corrected chi connectivity index (χ2v) is 6.17. The van der Waals surface area contributed by atoms with Gasteiger partial charge in [0.05, 0.1) is 27.4 Å². The summed E-state index contributed by atoms with van der Waals surface area (Å²) in [6.45, 7) is 6.00. The number of guanidine groups is 1. The predicted molar refractivity (Wildman–Crippen MR) is 135 cm³/mol. The van der Waals surface area contributed by atoms with E-state index in [9.17, 15) is 4.79 Å². The Bertz CT molecular complexity index is 861. The molecule has 3 N–H and O–H groups in total. The molecule has 0 spiro atoms. The summed E-state index contributed by atoms with van der Waals surface area (Å²) in [6.07, 6.45) is 0. The Morgan fingerprint density at radius 1 is 1.00 bits per heavy atom. The van der Waals surface area contributed by atoms with Crippen molar-refractivity contribution in [2.45, 2.75) is 13.8 Å². The lowest BCUT2D eigenvalue weighted by atomic mass is 10.2. The van der Waals surface area contributed by atoms with Crippen molar-refractivity contribution in [1.82, 2.24) is 10.6 Å². The van der Waals surface area contributed by atoms with E-state index in [0.29, 0.717) is 55.0 Å². The minimum Gasteiger partial charge on any atom is -0.497 e. The number of nitrogens with zero attached hydrogens (tertiary/aromatic N) is 1. The first kappa shape index (κ1) is 26.3. The predicted octanol–water partition coefficient (Wildman–Crippen LogP) is 3.53. The Morgan fingerprint density at radius 3 is 2.48 bits per heavy atom. The van der Waals surface area contributed by atoms with Crippen LogP contribution in [-0.2, 0) is 0 Å². The van der Waals surface area contributed by atoms with Gasteiger partial charge >= 0.3 is 0 Å². The molecule has 0 aliphatic carbocycles. The zero-order valence-corrected chi connectivity index (χ0v) is 20.7. The van der Waals surface area contributed by atoms with Crippen LogP contribution in [0.3, 0.4) is 0 Å². The van der Waals surface area contributed by atoms with E-state index >= 15 is 0 Å². The van der Waals surface area contributed by atoms with Crippen LogP contribution in [0, 0.1) is 0 Å². The first-order chi connectivity index (χ1) is 14.6. The fraction of sp³-hybridized carbons (Fsp3) is 0.364. The van der Waals surface area contributed by atoms with Crippen molar-refractivity contribution in [3.05, 3.63) is 48.0 Å². The molecule has 9 heteroatoms. The summed E-state index contributed by atoms with van der Waals surface area (Å²) in [5, 5.41) is 9.27. The van der Waals surface area contributed by atoms with E-state index < -0.39 is 0 Å². The van der Waals surface area contributed by atoms with Crippen LogP contribution in [0.4, 0.5) is 5.69 Å². The fourth-order valence-corrected chi connectivity index (χ4v) is 2.67. The van der Waals surface area contributed by atoms with Crippen LogP contribution in [0.15, 0.2) is 47.5 Å². The van der Waals surface area contributed by atoms with E-state index in [-0.39, 0.29) is 29.9 Å². The molecule has 8 nitrogen and oxygen atoms in total. The summed E-state index contributed by atoms with van der Waals surface area (Å²) < 4.78 is 16.1.